The second-order valence-electron chi connectivity index (χ2n) is 4.19. The highest BCUT2D eigenvalue weighted by atomic mass is 35.5. The lowest BCUT2D eigenvalue weighted by Gasteiger charge is -2.12. The average Bonchev–Trinajstić information content (AvgIpc) is 2.41. The molecule has 0 saturated heterocycles. The first-order valence-corrected chi connectivity index (χ1v) is 6.64. The van der Waals surface area contributed by atoms with Crippen LogP contribution in [0.2, 0.25) is 5.02 Å². The molecule has 106 valence electrons. The molecule has 0 saturated carbocycles. The molecule has 2 rings (SSSR count). The number of benzene rings is 2. The summed E-state index contributed by atoms with van der Waals surface area (Å²) in [7, 11) is 1.61. The second kappa shape index (κ2) is 6.39. The summed E-state index contributed by atoms with van der Waals surface area (Å²) in [5.74, 6) is 1.44. The fraction of sp³-hybridized carbons (Fsp3) is 0.200. The van der Waals surface area contributed by atoms with Crippen molar-refractivity contribution in [3.05, 3.63) is 41.4 Å². The van der Waals surface area contributed by atoms with Crippen LogP contribution >= 0.6 is 11.6 Å². The minimum Gasteiger partial charge on any atom is -0.497 e. The number of hydrogen-bond donors (Lipinski definition) is 2. The largest absolute Gasteiger partial charge is 0.497 e. The van der Waals surface area contributed by atoms with Gasteiger partial charge in [0, 0.05) is 29.6 Å². The zero-order chi connectivity index (χ0) is 14.5. The molecule has 0 aliphatic heterocycles. The minimum absolute atomic E-state index is 0.586. The summed E-state index contributed by atoms with van der Waals surface area (Å²) in [5, 5.41) is 3.82. The Bertz CT molecular complexity index is 602. The molecular formula is C15H17ClN2O2. The number of halogens is 1. The molecule has 0 aliphatic carbocycles. The first kappa shape index (κ1) is 14.3. The van der Waals surface area contributed by atoms with E-state index in [0.717, 1.165) is 17.1 Å². The van der Waals surface area contributed by atoms with E-state index in [2.05, 4.69) is 5.32 Å². The van der Waals surface area contributed by atoms with Crippen molar-refractivity contribution in [2.75, 3.05) is 24.8 Å². The number of methoxy groups -OCH3 is 1. The lowest BCUT2D eigenvalue weighted by molar-refractivity contribution is 0.340. The van der Waals surface area contributed by atoms with Crippen LogP contribution in [0.3, 0.4) is 0 Å². The standard InChI is InChI=1S/C15H17ClN2O2/c1-3-20-13-7-10(17)6-11(8-13)18-15-9-12(19-2)4-5-14(15)16/h4-9,18H,3,17H2,1-2H3. The predicted molar refractivity (Wildman–Crippen MR) is 83.3 cm³/mol. The van der Waals surface area contributed by atoms with Gasteiger partial charge in [-0.2, -0.15) is 0 Å². The van der Waals surface area contributed by atoms with Gasteiger partial charge in [-0.05, 0) is 25.1 Å². The van der Waals surface area contributed by atoms with Gasteiger partial charge >= 0.3 is 0 Å². The first-order valence-electron chi connectivity index (χ1n) is 6.26. The lowest BCUT2D eigenvalue weighted by atomic mass is 10.2. The van der Waals surface area contributed by atoms with E-state index in [4.69, 9.17) is 26.8 Å². The molecule has 20 heavy (non-hydrogen) atoms. The van der Waals surface area contributed by atoms with Crippen LogP contribution in [0, 0.1) is 0 Å². The third-order valence-corrected chi connectivity index (χ3v) is 3.02. The highest BCUT2D eigenvalue weighted by Crippen LogP contribution is 2.31. The van der Waals surface area contributed by atoms with E-state index in [9.17, 15) is 0 Å². The monoisotopic (exact) mass is 292 g/mol. The third kappa shape index (κ3) is 3.48. The van der Waals surface area contributed by atoms with Crippen molar-refractivity contribution in [3.8, 4) is 11.5 Å². The molecule has 0 amide bonds. The topological polar surface area (TPSA) is 56.5 Å². The van der Waals surface area contributed by atoms with Gasteiger partial charge in [-0.25, -0.2) is 0 Å². The van der Waals surface area contributed by atoms with Gasteiger partial charge in [-0.1, -0.05) is 11.6 Å². The van der Waals surface area contributed by atoms with Gasteiger partial charge in [0.2, 0.25) is 0 Å². The van der Waals surface area contributed by atoms with E-state index in [0.29, 0.717) is 23.1 Å². The molecule has 0 radical (unpaired) electrons. The molecule has 0 fully saturated rings. The first-order chi connectivity index (χ1) is 9.62. The summed E-state index contributed by atoms with van der Waals surface area (Å²) >= 11 is 6.16. The van der Waals surface area contributed by atoms with Crippen LogP contribution in [0.1, 0.15) is 6.92 Å². The molecule has 0 atom stereocenters. The average molecular weight is 293 g/mol. The third-order valence-electron chi connectivity index (χ3n) is 2.69. The van der Waals surface area contributed by atoms with Gasteiger partial charge in [0.15, 0.2) is 0 Å². The Labute approximate surface area is 123 Å². The van der Waals surface area contributed by atoms with Gasteiger partial charge < -0.3 is 20.5 Å². The quantitative estimate of drug-likeness (QED) is 0.816. The van der Waals surface area contributed by atoms with Gasteiger partial charge in [-0.15, -0.1) is 0 Å². The molecule has 0 aliphatic rings. The Morgan fingerprint density at radius 3 is 2.65 bits per heavy atom. The van der Waals surface area contributed by atoms with Crippen molar-refractivity contribution in [2.45, 2.75) is 6.92 Å². The highest BCUT2D eigenvalue weighted by molar-refractivity contribution is 6.33. The van der Waals surface area contributed by atoms with Crippen molar-refractivity contribution in [1.29, 1.82) is 0 Å². The Morgan fingerprint density at radius 2 is 1.95 bits per heavy atom. The number of rotatable bonds is 5. The zero-order valence-corrected chi connectivity index (χ0v) is 12.2. The number of anilines is 3. The highest BCUT2D eigenvalue weighted by Gasteiger charge is 2.05. The lowest BCUT2D eigenvalue weighted by Crippen LogP contribution is -1.97. The van der Waals surface area contributed by atoms with Crippen molar-refractivity contribution in [3.63, 3.8) is 0 Å². The summed E-state index contributed by atoms with van der Waals surface area (Å²) < 4.78 is 10.6. The van der Waals surface area contributed by atoms with E-state index in [1.165, 1.54) is 0 Å². The number of nitrogens with two attached hydrogens (primary N) is 1. The van der Waals surface area contributed by atoms with Crippen LogP contribution in [0.4, 0.5) is 17.1 Å². The van der Waals surface area contributed by atoms with E-state index >= 15 is 0 Å². The van der Waals surface area contributed by atoms with E-state index in [1.54, 1.807) is 25.3 Å². The number of ether oxygens (including phenoxy) is 2. The SMILES string of the molecule is CCOc1cc(N)cc(Nc2cc(OC)ccc2Cl)c1. The molecule has 3 N–H and O–H groups in total. The normalized spacial score (nSPS) is 10.2. The zero-order valence-electron chi connectivity index (χ0n) is 11.4. The molecule has 0 aromatic heterocycles. The molecule has 4 nitrogen and oxygen atoms in total. The van der Waals surface area contributed by atoms with Crippen LogP contribution in [0.5, 0.6) is 11.5 Å². The molecular weight excluding hydrogens is 276 g/mol. The summed E-state index contributed by atoms with van der Waals surface area (Å²) in [5.41, 5.74) is 8.04. The van der Waals surface area contributed by atoms with Gasteiger partial charge in [0.25, 0.3) is 0 Å². The van der Waals surface area contributed by atoms with Gasteiger partial charge in [0.1, 0.15) is 11.5 Å². The molecule has 2 aromatic carbocycles. The van der Waals surface area contributed by atoms with Gasteiger partial charge in [-0.3, -0.25) is 0 Å². The Balaban J connectivity index is 2.29. The van der Waals surface area contributed by atoms with Crippen LogP contribution in [0.25, 0.3) is 0 Å². The Kier molecular flexibility index (Phi) is 4.58. The van der Waals surface area contributed by atoms with Crippen LogP contribution in [-0.2, 0) is 0 Å². The number of nitrogen functional groups attached to an aromatic ring is 1. The summed E-state index contributed by atoms with van der Waals surface area (Å²) in [4.78, 5) is 0. The van der Waals surface area contributed by atoms with E-state index in [-0.39, 0.29) is 0 Å². The van der Waals surface area contributed by atoms with E-state index in [1.807, 2.05) is 25.1 Å². The summed E-state index contributed by atoms with van der Waals surface area (Å²) in [6.07, 6.45) is 0. The number of nitrogens with one attached hydrogen (secondary N) is 1. The molecule has 0 bridgehead atoms. The maximum Gasteiger partial charge on any atom is 0.123 e. The van der Waals surface area contributed by atoms with E-state index < -0.39 is 0 Å². The number of hydrogen-bond acceptors (Lipinski definition) is 4. The minimum atomic E-state index is 0.586. The maximum atomic E-state index is 6.16. The maximum absolute atomic E-state index is 6.16. The molecule has 0 spiro atoms. The Hall–Kier alpha value is -2.07. The van der Waals surface area contributed by atoms with Crippen molar-refractivity contribution in [1.82, 2.24) is 0 Å². The smallest absolute Gasteiger partial charge is 0.123 e. The van der Waals surface area contributed by atoms with Crippen LogP contribution < -0.4 is 20.5 Å². The summed E-state index contributed by atoms with van der Waals surface area (Å²) in [6.45, 7) is 2.51. The molecule has 0 unspecified atom stereocenters. The fourth-order valence-corrected chi connectivity index (χ4v) is 1.99. The molecule has 2 aromatic rings. The molecule has 0 heterocycles. The van der Waals surface area contributed by atoms with Crippen LogP contribution in [-0.4, -0.2) is 13.7 Å². The molecule has 5 heteroatoms. The van der Waals surface area contributed by atoms with Crippen molar-refractivity contribution < 1.29 is 9.47 Å². The van der Waals surface area contributed by atoms with Gasteiger partial charge in [0.05, 0.1) is 24.4 Å². The summed E-state index contributed by atoms with van der Waals surface area (Å²) in [6, 6.07) is 10.9. The second-order valence-corrected chi connectivity index (χ2v) is 4.60. The van der Waals surface area contributed by atoms with Crippen molar-refractivity contribution in [2.24, 2.45) is 0 Å². The fourth-order valence-electron chi connectivity index (χ4n) is 1.83. The predicted octanol–water partition coefficient (Wildman–Crippen LogP) is 4.07. The Morgan fingerprint density at radius 1 is 1.15 bits per heavy atom. The van der Waals surface area contributed by atoms with Crippen LogP contribution in [0.15, 0.2) is 36.4 Å². The van der Waals surface area contributed by atoms with Crippen molar-refractivity contribution >= 4 is 28.7 Å².